The molecule has 0 amide bonds. The molecule has 0 saturated heterocycles. The molecule has 1 aliphatic rings. The first kappa shape index (κ1) is 14.0. The zero-order valence-corrected chi connectivity index (χ0v) is 13.1. The number of fused-ring (bicyclic) bond motifs is 3. The lowest BCUT2D eigenvalue weighted by Crippen LogP contribution is -2.27. The highest BCUT2D eigenvalue weighted by atomic mass is 14.7. The van der Waals surface area contributed by atoms with Crippen LogP contribution in [0.4, 0.5) is 0 Å². The molecule has 0 saturated carbocycles. The van der Waals surface area contributed by atoms with Gasteiger partial charge in [0.15, 0.2) is 0 Å². The van der Waals surface area contributed by atoms with Crippen LogP contribution in [0, 0.1) is 5.41 Å². The molecule has 0 spiro atoms. The molecule has 2 heteroatoms. The van der Waals surface area contributed by atoms with Gasteiger partial charge in [-0.05, 0) is 29.7 Å². The Hall–Kier alpha value is -1.96. The van der Waals surface area contributed by atoms with Gasteiger partial charge in [-0.1, -0.05) is 51.5 Å². The van der Waals surface area contributed by atoms with Crippen molar-refractivity contribution in [2.75, 3.05) is 0 Å². The van der Waals surface area contributed by atoms with Crippen molar-refractivity contribution in [2.24, 2.45) is 10.4 Å². The van der Waals surface area contributed by atoms with Crippen LogP contribution in [-0.2, 0) is 6.42 Å². The Morgan fingerprint density at radius 2 is 2.05 bits per heavy atom. The van der Waals surface area contributed by atoms with Gasteiger partial charge in [-0.2, -0.15) is 0 Å². The Morgan fingerprint density at radius 3 is 2.81 bits per heavy atom. The summed E-state index contributed by atoms with van der Waals surface area (Å²) < 4.78 is 0. The molecule has 21 heavy (non-hydrogen) atoms. The van der Waals surface area contributed by atoms with Gasteiger partial charge in [0.05, 0.1) is 10.9 Å². The van der Waals surface area contributed by atoms with E-state index in [0.29, 0.717) is 0 Å². The molecular formula is C19H22N2. The lowest BCUT2D eigenvalue weighted by Gasteiger charge is -2.17. The highest BCUT2D eigenvalue weighted by Crippen LogP contribution is 2.25. The molecule has 0 N–H and O–H groups in total. The molecule has 1 aliphatic heterocycles. The molecule has 3 rings (SSSR count). The number of aryl methyl sites for hydroxylation is 1. The number of hydrogen-bond donors (Lipinski definition) is 0. The Bertz CT molecular complexity index is 817. The average molecular weight is 278 g/mol. The quantitative estimate of drug-likeness (QED) is 0.843. The summed E-state index contributed by atoms with van der Waals surface area (Å²) in [6.07, 6.45) is 11.7. The van der Waals surface area contributed by atoms with E-state index in [1.54, 1.807) is 0 Å². The molecule has 0 aliphatic carbocycles. The van der Waals surface area contributed by atoms with Crippen LogP contribution in [-0.4, -0.2) is 4.98 Å². The van der Waals surface area contributed by atoms with Gasteiger partial charge in [0.2, 0.25) is 0 Å². The lowest BCUT2D eigenvalue weighted by atomic mass is 9.86. The second-order valence-electron chi connectivity index (χ2n) is 6.12. The summed E-state index contributed by atoms with van der Waals surface area (Å²) in [5.74, 6) is 0. The number of hydrogen-bond acceptors (Lipinski definition) is 2. The van der Waals surface area contributed by atoms with Crippen LogP contribution < -0.4 is 10.6 Å². The van der Waals surface area contributed by atoms with E-state index >= 15 is 0 Å². The van der Waals surface area contributed by atoms with Gasteiger partial charge in [-0.3, -0.25) is 9.98 Å². The van der Waals surface area contributed by atoms with Gasteiger partial charge in [0.25, 0.3) is 0 Å². The highest BCUT2D eigenvalue weighted by Gasteiger charge is 2.16. The first-order valence-corrected chi connectivity index (χ1v) is 7.81. The maximum Gasteiger partial charge on any atom is 0.0964 e. The number of pyridine rings is 1. The first-order valence-electron chi connectivity index (χ1n) is 7.81. The lowest BCUT2D eigenvalue weighted by molar-refractivity contribution is 0.566. The largest absolute Gasteiger partial charge is 0.254 e. The predicted molar refractivity (Wildman–Crippen MR) is 88.5 cm³/mol. The molecule has 1 aromatic carbocycles. The Morgan fingerprint density at radius 1 is 1.19 bits per heavy atom. The minimum absolute atomic E-state index is 0.0740. The average Bonchev–Trinajstić information content (AvgIpc) is 2.66. The van der Waals surface area contributed by atoms with Crippen LogP contribution in [0.1, 0.15) is 39.2 Å². The summed E-state index contributed by atoms with van der Waals surface area (Å²) in [5.41, 5.74) is 2.38. The molecule has 1 unspecified atom stereocenters. The molecule has 2 nitrogen and oxygen atoms in total. The summed E-state index contributed by atoms with van der Waals surface area (Å²) >= 11 is 0. The van der Waals surface area contributed by atoms with Gasteiger partial charge in [-0.15, -0.1) is 0 Å². The van der Waals surface area contributed by atoms with Crippen molar-refractivity contribution in [2.45, 2.75) is 40.0 Å². The van der Waals surface area contributed by atoms with Crippen LogP contribution in [0.2, 0.25) is 0 Å². The summed E-state index contributed by atoms with van der Waals surface area (Å²) in [6, 6.07) is 6.60. The van der Waals surface area contributed by atoms with Crippen molar-refractivity contribution in [1.29, 1.82) is 0 Å². The van der Waals surface area contributed by atoms with Crippen molar-refractivity contribution in [3.8, 4) is 0 Å². The molecule has 1 atom stereocenters. The Balaban J connectivity index is 2.27. The maximum atomic E-state index is 4.68. The van der Waals surface area contributed by atoms with Crippen molar-refractivity contribution in [3.63, 3.8) is 0 Å². The molecule has 1 aromatic heterocycles. The minimum Gasteiger partial charge on any atom is -0.254 e. The smallest absolute Gasteiger partial charge is 0.0964 e. The van der Waals surface area contributed by atoms with Crippen LogP contribution in [0.5, 0.6) is 0 Å². The summed E-state index contributed by atoms with van der Waals surface area (Å²) in [5, 5.41) is 3.38. The standard InChI is InChI=1S/C19H22N2/c1-4-6-14-11-15-7-8-16-12-19(3,5-2)9-10-20-18(16)17(15)21-13-14/h7-13H,4-6H2,1-3H3. The van der Waals surface area contributed by atoms with E-state index in [4.69, 9.17) is 0 Å². The third kappa shape index (κ3) is 2.63. The van der Waals surface area contributed by atoms with Crippen LogP contribution in [0.3, 0.4) is 0 Å². The number of nitrogens with zero attached hydrogens (tertiary/aromatic N) is 2. The fraction of sp³-hybridized carbons (Fsp3) is 0.368. The summed E-state index contributed by atoms with van der Waals surface area (Å²) in [6.45, 7) is 6.65. The molecule has 0 bridgehead atoms. The zero-order valence-electron chi connectivity index (χ0n) is 13.1. The first-order chi connectivity index (χ1) is 10.1. The monoisotopic (exact) mass is 278 g/mol. The second kappa shape index (κ2) is 5.44. The highest BCUT2D eigenvalue weighted by molar-refractivity contribution is 5.79. The third-order valence-electron chi connectivity index (χ3n) is 4.36. The second-order valence-corrected chi connectivity index (χ2v) is 6.12. The molecule has 0 fully saturated rings. The minimum atomic E-state index is 0.0740. The van der Waals surface area contributed by atoms with E-state index in [1.807, 2.05) is 12.4 Å². The molecule has 2 aromatic rings. The number of aromatic nitrogens is 1. The summed E-state index contributed by atoms with van der Waals surface area (Å²) in [7, 11) is 0. The fourth-order valence-electron chi connectivity index (χ4n) is 2.83. The van der Waals surface area contributed by atoms with Gasteiger partial charge >= 0.3 is 0 Å². The zero-order chi connectivity index (χ0) is 14.9. The third-order valence-corrected chi connectivity index (χ3v) is 4.36. The van der Waals surface area contributed by atoms with Crippen LogP contribution in [0.25, 0.3) is 17.0 Å². The van der Waals surface area contributed by atoms with Crippen LogP contribution in [0.15, 0.2) is 41.7 Å². The van der Waals surface area contributed by atoms with Crippen molar-refractivity contribution >= 4 is 17.0 Å². The number of rotatable bonds is 3. The van der Waals surface area contributed by atoms with Crippen molar-refractivity contribution in [3.05, 3.63) is 52.8 Å². The van der Waals surface area contributed by atoms with Gasteiger partial charge < -0.3 is 0 Å². The van der Waals surface area contributed by atoms with Crippen molar-refractivity contribution in [1.82, 2.24) is 4.98 Å². The Labute approximate surface area is 125 Å². The Kier molecular flexibility index (Phi) is 3.62. The van der Waals surface area contributed by atoms with E-state index < -0.39 is 0 Å². The van der Waals surface area contributed by atoms with Gasteiger partial charge in [0.1, 0.15) is 0 Å². The SMILES string of the molecule is CCCc1cnc2c3c(ccc2c1)=CC(C)(CC)C=CN=3. The van der Waals surface area contributed by atoms with Gasteiger partial charge in [-0.25, -0.2) is 0 Å². The summed E-state index contributed by atoms with van der Waals surface area (Å²) in [4.78, 5) is 9.34. The van der Waals surface area contributed by atoms with Crippen molar-refractivity contribution < 1.29 is 0 Å². The van der Waals surface area contributed by atoms with E-state index in [9.17, 15) is 0 Å². The van der Waals surface area contributed by atoms with E-state index in [2.05, 4.69) is 61.1 Å². The predicted octanol–water partition coefficient (Wildman–Crippen LogP) is 3.53. The van der Waals surface area contributed by atoms with E-state index in [0.717, 1.165) is 30.1 Å². The molecule has 0 radical (unpaired) electrons. The molecule has 2 heterocycles. The maximum absolute atomic E-state index is 4.68. The van der Waals surface area contributed by atoms with E-state index in [-0.39, 0.29) is 5.41 Å². The fourth-order valence-corrected chi connectivity index (χ4v) is 2.83. The molecule has 108 valence electrons. The molecular weight excluding hydrogens is 256 g/mol. The normalized spacial score (nSPS) is 20.5. The topological polar surface area (TPSA) is 25.2 Å². The number of benzene rings is 1. The van der Waals surface area contributed by atoms with Gasteiger partial charge in [0, 0.05) is 23.2 Å². The van der Waals surface area contributed by atoms with Crippen LogP contribution >= 0.6 is 0 Å². The van der Waals surface area contributed by atoms with E-state index in [1.165, 1.54) is 16.2 Å². The number of allylic oxidation sites excluding steroid dienone is 1.